The summed E-state index contributed by atoms with van der Waals surface area (Å²) in [4.78, 5) is 60.2. The number of carbonyl (C=O) groups is 4. The van der Waals surface area contributed by atoms with E-state index in [-0.39, 0.29) is 17.5 Å². The minimum atomic E-state index is -2.74. The first kappa shape index (κ1) is 44.9. The first-order valence-corrected chi connectivity index (χ1v) is 20.1. The number of fused-ring (bicyclic) bond motifs is 1. The number of nitrogens with zero attached hydrogens (tertiary/aromatic N) is 3. The monoisotopic (exact) mass is 843 g/mol. The highest BCUT2D eigenvalue weighted by Gasteiger charge is 2.40. The zero-order valence-corrected chi connectivity index (χ0v) is 33.5. The van der Waals surface area contributed by atoms with E-state index in [2.05, 4.69) is 11.0 Å². The van der Waals surface area contributed by atoms with Crippen molar-refractivity contribution in [3.05, 3.63) is 116 Å². The SMILES string of the molecule is CN(C[C@@H](CCN1CCC(c2ccccc2[S@+](C)[O-])CC1)c1ccc(Cl)c(Cl)c1)C(=O)c1cccc2cc([N+](=O)[O-])ccc12.O=C(O)CC(O)(CC(=O)O)C(=O)O. The van der Waals surface area contributed by atoms with Crippen molar-refractivity contribution in [2.45, 2.75) is 54.4 Å². The average Bonchev–Trinajstić information content (AvgIpc) is 3.16. The lowest BCUT2D eigenvalue weighted by molar-refractivity contribution is -0.384. The number of nitro groups is 1. The van der Waals surface area contributed by atoms with E-state index < -0.39 is 52.4 Å². The highest BCUT2D eigenvalue weighted by Crippen LogP contribution is 2.34. The maximum Gasteiger partial charge on any atom is 0.336 e. The van der Waals surface area contributed by atoms with Crippen molar-refractivity contribution in [1.82, 2.24) is 9.80 Å². The van der Waals surface area contributed by atoms with E-state index in [0.717, 1.165) is 49.4 Å². The minimum Gasteiger partial charge on any atom is -0.612 e. The standard InChI is InChI=1S/C34H35Cl2N3O4S.C6H8O7/c1-37(34(40)30-8-5-6-25-20-27(39(41)42)11-12-28(25)30)22-26(24-10-13-31(35)32(36)21-24)16-19-38-17-14-23(15-18-38)29-7-3-4-9-33(29)44(2)43;7-3(8)1-6(13,5(11)12)2-4(9)10/h3-13,20-21,23,26H,14-19,22H2,1-2H3;13H,1-2H2,(H,7,8)(H,9,10)(H,11,12)/t26-,44+;/m1./s1. The molecule has 0 aliphatic carbocycles. The van der Waals surface area contributed by atoms with Crippen molar-refractivity contribution in [3.8, 4) is 0 Å². The van der Waals surface area contributed by atoms with Crippen LogP contribution in [0.15, 0.2) is 83.8 Å². The second-order valence-electron chi connectivity index (χ2n) is 13.9. The number of aliphatic hydroxyl groups is 1. The molecule has 1 heterocycles. The predicted molar refractivity (Wildman–Crippen MR) is 216 cm³/mol. The molecule has 1 aliphatic heterocycles. The van der Waals surface area contributed by atoms with Gasteiger partial charge in [-0.25, -0.2) is 4.79 Å². The normalized spacial score (nSPS) is 14.6. The molecule has 0 aromatic heterocycles. The van der Waals surface area contributed by atoms with E-state index >= 15 is 0 Å². The number of amides is 1. The third-order valence-corrected chi connectivity index (χ3v) is 11.6. The molecule has 0 spiro atoms. The molecule has 1 amide bonds. The quantitative estimate of drug-likeness (QED) is 0.0560. The second kappa shape index (κ2) is 20.1. The van der Waals surface area contributed by atoms with Crippen LogP contribution in [0.5, 0.6) is 0 Å². The Labute approximate surface area is 341 Å². The molecule has 4 N–H and O–H groups in total. The van der Waals surface area contributed by atoms with Gasteiger partial charge in [-0.05, 0) is 103 Å². The number of likely N-dealkylation sites (N-methyl/N-ethyl adjacent to an activating group) is 1. The average molecular weight is 845 g/mol. The number of carbonyl (C=O) groups excluding carboxylic acids is 1. The Hall–Kier alpha value is -4.77. The van der Waals surface area contributed by atoms with Gasteiger partial charge in [-0.2, -0.15) is 0 Å². The van der Waals surface area contributed by atoms with Crippen LogP contribution in [0.25, 0.3) is 10.8 Å². The smallest absolute Gasteiger partial charge is 0.336 e. The number of non-ortho nitro benzene ring substituents is 1. The van der Waals surface area contributed by atoms with E-state index in [4.69, 9.17) is 43.6 Å². The summed E-state index contributed by atoms with van der Waals surface area (Å²) in [5.74, 6) is -4.77. The van der Waals surface area contributed by atoms with Crippen molar-refractivity contribution in [1.29, 1.82) is 0 Å². The molecular weight excluding hydrogens is 801 g/mol. The highest BCUT2D eigenvalue weighted by atomic mass is 35.5. The summed E-state index contributed by atoms with van der Waals surface area (Å²) < 4.78 is 12.3. The molecule has 4 aromatic carbocycles. The van der Waals surface area contributed by atoms with Gasteiger partial charge >= 0.3 is 17.9 Å². The van der Waals surface area contributed by atoms with Crippen LogP contribution < -0.4 is 0 Å². The van der Waals surface area contributed by atoms with Crippen LogP contribution in [0.2, 0.25) is 10.0 Å². The van der Waals surface area contributed by atoms with Crippen LogP contribution in [-0.2, 0) is 25.6 Å². The number of piperidine rings is 1. The lowest BCUT2D eigenvalue weighted by Crippen LogP contribution is -2.42. The number of carboxylic acids is 3. The van der Waals surface area contributed by atoms with E-state index in [0.29, 0.717) is 38.8 Å². The maximum absolute atomic E-state index is 13.7. The molecule has 1 fully saturated rings. The van der Waals surface area contributed by atoms with Crippen molar-refractivity contribution < 1.29 is 49.1 Å². The number of aliphatic carboxylic acids is 3. The number of benzene rings is 4. The van der Waals surface area contributed by atoms with Gasteiger partial charge in [0.1, 0.15) is 6.26 Å². The summed E-state index contributed by atoms with van der Waals surface area (Å²) in [5.41, 5.74) is -0.0314. The molecule has 57 heavy (non-hydrogen) atoms. The van der Waals surface area contributed by atoms with Gasteiger partial charge in [-0.15, -0.1) is 0 Å². The van der Waals surface area contributed by atoms with Crippen LogP contribution in [0.4, 0.5) is 5.69 Å². The fraction of sp³-hybridized carbons (Fsp3) is 0.350. The fourth-order valence-corrected chi connectivity index (χ4v) is 8.06. The third-order valence-electron chi connectivity index (χ3n) is 9.90. The Balaban J connectivity index is 0.000000476. The second-order valence-corrected chi connectivity index (χ2v) is 16.1. The maximum atomic E-state index is 13.7. The Bertz CT molecular complexity index is 2090. The number of hydrogen-bond donors (Lipinski definition) is 4. The lowest BCUT2D eigenvalue weighted by atomic mass is 9.88. The molecule has 5 rings (SSSR count). The largest absolute Gasteiger partial charge is 0.612 e. The molecule has 0 radical (unpaired) electrons. The van der Waals surface area contributed by atoms with Crippen LogP contribution >= 0.6 is 23.2 Å². The zero-order chi connectivity index (χ0) is 42.0. The molecule has 2 atom stereocenters. The number of halogens is 2. The Kier molecular flexibility index (Phi) is 15.8. The van der Waals surface area contributed by atoms with Crippen LogP contribution in [-0.4, -0.2) is 109 Å². The van der Waals surface area contributed by atoms with Crippen LogP contribution in [0.3, 0.4) is 0 Å². The summed E-state index contributed by atoms with van der Waals surface area (Å²) in [6, 6.07) is 23.6. The van der Waals surface area contributed by atoms with Gasteiger partial charge in [-0.1, -0.05) is 59.6 Å². The predicted octanol–water partition coefficient (Wildman–Crippen LogP) is 6.67. The van der Waals surface area contributed by atoms with Crippen molar-refractivity contribution in [3.63, 3.8) is 0 Å². The fourth-order valence-electron chi connectivity index (χ4n) is 6.92. The van der Waals surface area contributed by atoms with Crippen LogP contribution in [0, 0.1) is 10.1 Å². The summed E-state index contributed by atoms with van der Waals surface area (Å²) in [5, 5.41) is 47.4. The van der Waals surface area contributed by atoms with Gasteiger partial charge in [0.05, 0.1) is 27.8 Å². The molecule has 14 nitrogen and oxygen atoms in total. The number of likely N-dealkylation sites (tertiary alicyclic amines) is 1. The lowest BCUT2D eigenvalue weighted by Gasteiger charge is -2.34. The Morgan fingerprint density at radius 3 is 2.16 bits per heavy atom. The van der Waals surface area contributed by atoms with E-state index in [1.54, 1.807) is 48.5 Å². The van der Waals surface area contributed by atoms with Gasteiger partial charge in [0.25, 0.3) is 11.6 Å². The van der Waals surface area contributed by atoms with Gasteiger partial charge in [-0.3, -0.25) is 24.5 Å². The summed E-state index contributed by atoms with van der Waals surface area (Å²) in [6.07, 6.45) is 2.28. The summed E-state index contributed by atoms with van der Waals surface area (Å²) >= 11 is 11.6. The highest BCUT2D eigenvalue weighted by molar-refractivity contribution is 7.90. The molecule has 1 aliphatic rings. The van der Waals surface area contributed by atoms with E-state index in [1.165, 1.54) is 17.7 Å². The van der Waals surface area contributed by atoms with Crippen molar-refractivity contribution in [2.75, 3.05) is 39.5 Å². The van der Waals surface area contributed by atoms with Crippen molar-refractivity contribution >= 4 is 74.7 Å². The molecular formula is C40H43Cl2N3O11S. The molecule has 304 valence electrons. The van der Waals surface area contributed by atoms with Crippen molar-refractivity contribution in [2.24, 2.45) is 0 Å². The first-order valence-electron chi connectivity index (χ1n) is 17.8. The number of hydrogen-bond acceptors (Lipinski definition) is 9. The molecule has 17 heteroatoms. The number of rotatable bonds is 15. The van der Waals surface area contributed by atoms with E-state index in [9.17, 15) is 33.8 Å². The Morgan fingerprint density at radius 1 is 0.930 bits per heavy atom. The van der Waals surface area contributed by atoms with Gasteiger partial charge < -0.3 is 34.8 Å². The van der Waals surface area contributed by atoms with Gasteiger partial charge in [0, 0.05) is 42.8 Å². The summed E-state index contributed by atoms with van der Waals surface area (Å²) in [7, 11) is 1.79. The zero-order valence-electron chi connectivity index (χ0n) is 31.2. The number of nitro benzene ring substituents is 1. The molecule has 0 bridgehead atoms. The topological polar surface area (TPSA) is 222 Å². The third kappa shape index (κ3) is 12.1. The van der Waals surface area contributed by atoms with Gasteiger partial charge in [0.15, 0.2) is 10.5 Å². The van der Waals surface area contributed by atoms with Gasteiger partial charge in [0.2, 0.25) is 0 Å². The molecule has 0 saturated carbocycles. The number of carboxylic acid groups (broad SMARTS) is 3. The summed E-state index contributed by atoms with van der Waals surface area (Å²) in [6.45, 7) is 3.21. The van der Waals surface area contributed by atoms with E-state index in [1.807, 2.05) is 30.3 Å². The Morgan fingerprint density at radius 2 is 1.58 bits per heavy atom. The first-order chi connectivity index (χ1) is 26.9. The van der Waals surface area contributed by atoms with Crippen LogP contribution in [0.1, 0.15) is 65.4 Å². The molecule has 0 unspecified atom stereocenters. The molecule has 1 saturated heterocycles. The minimum absolute atomic E-state index is 0.00995. The molecule has 4 aromatic rings.